The molecule has 0 saturated heterocycles. The topological polar surface area (TPSA) is 99.4 Å². The summed E-state index contributed by atoms with van der Waals surface area (Å²) in [6, 6.07) is 0. The first kappa shape index (κ1) is 20.8. The second-order valence-corrected chi connectivity index (χ2v) is 6.38. The molecule has 0 bridgehead atoms. The van der Waals surface area contributed by atoms with Gasteiger partial charge in [-0.15, -0.1) is 0 Å². The Morgan fingerprint density at radius 2 is 1.62 bits per heavy atom. The third-order valence-electron chi connectivity index (χ3n) is 2.95. The fourth-order valence-electron chi connectivity index (χ4n) is 1.91. The number of rotatable bonds is 12. The monoisotopic (exact) mass is 308 g/mol. The molecule has 0 aromatic carbocycles. The van der Waals surface area contributed by atoms with Crippen molar-refractivity contribution in [1.82, 2.24) is 0 Å². The van der Waals surface area contributed by atoms with Gasteiger partial charge < -0.3 is 29.9 Å². The fourth-order valence-corrected chi connectivity index (χ4v) is 1.91. The van der Waals surface area contributed by atoms with E-state index in [0.29, 0.717) is 25.9 Å². The molecule has 0 rings (SSSR count). The Morgan fingerprint density at radius 1 is 1.00 bits per heavy atom. The standard InChI is InChI=1S/C15H32O6/c1-11(17)9-20-12(2)10-21-14(8-16)6-5-13(18)7-15(3,4)19/h11-14,16-19H,5-10H2,1-4H3. The second kappa shape index (κ2) is 10.5. The van der Waals surface area contributed by atoms with Crippen molar-refractivity contribution in [3.8, 4) is 0 Å². The molecule has 0 heterocycles. The Balaban J connectivity index is 3.90. The van der Waals surface area contributed by atoms with E-state index in [1.54, 1.807) is 20.8 Å². The van der Waals surface area contributed by atoms with E-state index in [-0.39, 0.29) is 25.4 Å². The molecule has 4 unspecified atom stereocenters. The van der Waals surface area contributed by atoms with Crippen LogP contribution in [0.3, 0.4) is 0 Å². The van der Waals surface area contributed by atoms with Crippen LogP contribution in [-0.2, 0) is 9.47 Å². The zero-order valence-electron chi connectivity index (χ0n) is 13.7. The summed E-state index contributed by atoms with van der Waals surface area (Å²) >= 11 is 0. The quantitative estimate of drug-likeness (QED) is 0.418. The third kappa shape index (κ3) is 13.2. The van der Waals surface area contributed by atoms with Gasteiger partial charge in [-0.1, -0.05) is 0 Å². The van der Waals surface area contributed by atoms with Crippen molar-refractivity contribution in [1.29, 1.82) is 0 Å². The summed E-state index contributed by atoms with van der Waals surface area (Å²) in [5.41, 5.74) is -0.904. The van der Waals surface area contributed by atoms with Crippen molar-refractivity contribution < 1.29 is 29.9 Å². The Labute approximate surface area is 127 Å². The molecule has 6 heteroatoms. The summed E-state index contributed by atoms with van der Waals surface area (Å²) < 4.78 is 10.9. The van der Waals surface area contributed by atoms with Crippen molar-refractivity contribution in [2.75, 3.05) is 19.8 Å². The highest BCUT2D eigenvalue weighted by Crippen LogP contribution is 2.16. The van der Waals surface area contributed by atoms with Crippen LogP contribution in [0.25, 0.3) is 0 Å². The van der Waals surface area contributed by atoms with E-state index in [0.717, 1.165) is 0 Å². The van der Waals surface area contributed by atoms with Gasteiger partial charge in [0.2, 0.25) is 0 Å². The van der Waals surface area contributed by atoms with Gasteiger partial charge in [-0.3, -0.25) is 0 Å². The van der Waals surface area contributed by atoms with E-state index in [1.807, 2.05) is 6.92 Å². The van der Waals surface area contributed by atoms with E-state index < -0.39 is 17.8 Å². The van der Waals surface area contributed by atoms with Crippen LogP contribution in [0, 0.1) is 0 Å². The highest BCUT2D eigenvalue weighted by Gasteiger charge is 2.20. The van der Waals surface area contributed by atoms with Crippen LogP contribution in [0.4, 0.5) is 0 Å². The van der Waals surface area contributed by atoms with Gasteiger partial charge in [0.15, 0.2) is 0 Å². The minimum Gasteiger partial charge on any atom is -0.394 e. The lowest BCUT2D eigenvalue weighted by Crippen LogP contribution is -2.29. The molecule has 128 valence electrons. The van der Waals surface area contributed by atoms with Gasteiger partial charge in [-0.05, 0) is 40.5 Å². The van der Waals surface area contributed by atoms with E-state index in [1.165, 1.54) is 0 Å². The van der Waals surface area contributed by atoms with E-state index in [9.17, 15) is 15.3 Å². The Kier molecular flexibility index (Phi) is 10.4. The molecular formula is C15H32O6. The van der Waals surface area contributed by atoms with Gasteiger partial charge in [0.1, 0.15) is 0 Å². The van der Waals surface area contributed by atoms with Crippen LogP contribution in [-0.4, -0.2) is 70.3 Å². The zero-order chi connectivity index (χ0) is 16.5. The van der Waals surface area contributed by atoms with Gasteiger partial charge in [0, 0.05) is 6.42 Å². The highest BCUT2D eigenvalue weighted by molar-refractivity contribution is 4.72. The molecule has 0 saturated carbocycles. The van der Waals surface area contributed by atoms with E-state index in [2.05, 4.69) is 0 Å². The van der Waals surface area contributed by atoms with Crippen molar-refractivity contribution in [2.24, 2.45) is 0 Å². The Hall–Kier alpha value is -0.240. The molecule has 0 radical (unpaired) electrons. The van der Waals surface area contributed by atoms with Crippen LogP contribution in [0.1, 0.15) is 47.0 Å². The lowest BCUT2D eigenvalue weighted by Gasteiger charge is -2.23. The number of hydrogen-bond donors (Lipinski definition) is 4. The van der Waals surface area contributed by atoms with Crippen LogP contribution in [0.2, 0.25) is 0 Å². The van der Waals surface area contributed by atoms with Gasteiger partial charge in [0.25, 0.3) is 0 Å². The van der Waals surface area contributed by atoms with E-state index in [4.69, 9.17) is 14.6 Å². The molecule has 0 fully saturated rings. The highest BCUT2D eigenvalue weighted by atomic mass is 16.5. The lowest BCUT2D eigenvalue weighted by molar-refractivity contribution is -0.0722. The SMILES string of the molecule is CC(O)COC(C)COC(CO)CCC(O)CC(C)(C)O. The number of aliphatic hydroxyl groups excluding tert-OH is 3. The molecule has 0 aliphatic carbocycles. The van der Waals surface area contributed by atoms with Gasteiger partial charge >= 0.3 is 0 Å². The number of hydrogen-bond acceptors (Lipinski definition) is 6. The van der Waals surface area contributed by atoms with Crippen molar-refractivity contribution in [3.05, 3.63) is 0 Å². The van der Waals surface area contributed by atoms with Gasteiger partial charge in [0.05, 0.1) is 49.8 Å². The average molecular weight is 308 g/mol. The normalized spacial score (nSPS) is 18.3. The maximum absolute atomic E-state index is 9.80. The van der Waals surface area contributed by atoms with Crippen molar-refractivity contribution >= 4 is 0 Å². The summed E-state index contributed by atoms with van der Waals surface area (Å²) in [6.07, 6.45) is -0.410. The first-order valence-electron chi connectivity index (χ1n) is 7.56. The predicted octanol–water partition coefficient (Wildman–Crippen LogP) is 0.452. The van der Waals surface area contributed by atoms with Crippen molar-refractivity contribution in [2.45, 2.75) is 77.0 Å². The summed E-state index contributed by atoms with van der Waals surface area (Å²) in [6.45, 7) is 7.22. The molecule has 4 atom stereocenters. The molecule has 0 aliphatic heterocycles. The maximum Gasteiger partial charge on any atom is 0.0808 e. The van der Waals surface area contributed by atoms with Gasteiger partial charge in [-0.2, -0.15) is 0 Å². The Bertz CT molecular complexity index is 251. The molecule has 0 spiro atoms. The molecule has 0 aromatic rings. The summed E-state index contributed by atoms with van der Waals surface area (Å²) in [5, 5.41) is 37.8. The molecule has 6 nitrogen and oxygen atoms in total. The Morgan fingerprint density at radius 3 is 2.10 bits per heavy atom. The largest absolute Gasteiger partial charge is 0.394 e. The maximum atomic E-state index is 9.80. The molecule has 21 heavy (non-hydrogen) atoms. The number of aliphatic hydroxyl groups is 4. The molecule has 0 amide bonds. The van der Waals surface area contributed by atoms with Crippen molar-refractivity contribution in [3.63, 3.8) is 0 Å². The number of ether oxygens (including phenoxy) is 2. The van der Waals surface area contributed by atoms with E-state index >= 15 is 0 Å². The predicted molar refractivity (Wildman–Crippen MR) is 80.1 cm³/mol. The van der Waals surface area contributed by atoms with Crippen LogP contribution >= 0.6 is 0 Å². The molecule has 0 aliphatic rings. The first-order chi connectivity index (χ1) is 9.64. The molecule has 0 aromatic heterocycles. The molecular weight excluding hydrogens is 276 g/mol. The second-order valence-electron chi connectivity index (χ2n) is 6.38. The minimum atomic E-state index is -0.904. The minimum absolute atomic E-state index is 0.127. The zero-order valence-corrected chi connectivity index (χ0v) is 13.7. The van der Waals surface area contributed by atoms with Crippen LogP contribution < -0.4 is 0 Å². The third-order valence-corrected chi connectivity index (χ3v) is 2.95. The summed E-state index contributed by atoms with van der Waals surface area (Å²) in [7, 11) is 0. The fraction of sp³-hybridized carbons (Fsp3) is 1.00. The van der Waals surface area contributed by atoms with Crippen LogP contribution in [0.15, 0.2) is 0 Å². The smallest absolute Gasteiger partial charge is 0.0808 e. The van der Waals surface area contributed by atoms with Gasteiger partial charge in [-0.25, -0.2) is 0 Å². The lowest BCUT2D eigenvalue weighted by atomic mass is 9.97. The summed E-state index contributed by atoms with van der Waals surface area (Å²) in [5.74, 6) is 0. The van der Waals surface area contributed by atoms with Crippen LogP contribution in [0.5, 0.6) is 0 Å². The molecule has 4 N–H and O–H groups in total. The average Bonchev–Trinajstić information content (AvgIpc) is 2.34. The first-order valence-corrected chi connectivity index (χ1v) is 7.56. The summed E-state index contributed by atoms with van der Waals surface area (Å²) in [4.78, 5) is 0.